The topological polar surface area (TPSA) is 71.5 Å². The number of hydrogen-bond donors (Lipinski definition) is 0. The second kappa shape index (κ2) is 4.80. The van der Waals surface area contributed by atoms with E-state index < -0.39 is 19.9 Å². The molecule has 1 aromatic rings. The van der Waals surface area contributed by atoms with Crippen LogP contribution in [0.15, 0.2) is 29.2 Å². The monoisotopic (exact) mass is 309 g/mol. The van der Waals surface area contributed by atoms with Gasteiger partial charge in [-0.1, -0.05) is 11.6 Å². The lowest BCUT2D eigenvalue weighted by molar-refractivity contribution is 0.431. The van der Waals surface area contributed by atoms with E-state index in [0.29, 0.717) is 5.02 Å². The van der Waals surface area contributed by atoms with Crippen LogP contribution < -0.4 is 0 Å². The molecule has 0 aliphatic carbocycles. The summed E-state index contributed by atoms with van der Waals surface area (Å²) in [6, 6.07) is 5.83. The Bertz CT molecular complexity index is 623. The lowest BCUT2D eigenvalue weighted by Crippen LogP contribution is -2.43. The molecule has 100 valence electrons. The fourth-order valence-electron chi connectivity index (χ4n) is 1.69. The first kappa shape index (κ1) is 13.8. The average molecular weight is 310 g/mol. The van der Waals surface area contributed by atoms with Gasteiger partial charge < -0.3 is 0 Å². The number of halogens is 1. The van der Waals surface area contributed by atoms with Gasteiger partial charge in [-0.05, 0) is 24.3 Å². The molecule has 0 saturated carbocycles. The lowest BCUT2D eigenvalue weighted by Gasteiger charge is -2.25. The zero-order valence-corrected chi connectivity index (χ0v) is 11.8. The van der Waals surface area contributed by atoms with Crippen molar-refractivity contribution in [1.29, 1.82) is 0 Å². The van der Waals surface area contributed by atoms with Crippen molar-refractivity contribution in [2.75, 3.05) is 24.6 Å². The Kier molecular flexibility index (Phi) is 3.68. The molecule has 1 heterocycles. The van der Waals surface area contributed by atoms with Crippen molar-refractivity contribution < 1.29 is 16.8 Å². The molecule has 1 fully saturated rings. The molecule has 0 bridgehead atoms. The highest BCUT2D eigenvalue weighted by molar-refractivity contribution is 7.92. The molecule has 0 unspecified atom stereocenters. The van der Waals surface area contributed by atoms with Crippen LogP contribution in [0.25, 0.3) is 0 Å². The maximum atomic E-state index is 12.2. The highest BCUT2D eigenvalue weighted by atomic mass is 35.5. The minimum Gasteiger partial charge on any atom is -0.229 e. The van der Waals surface area contributed by atoms with Gasteiger partial charge in [-0.3, -0.25) is 0 Å². The van der Waals surface area contributed by atoms with Crippen LogP contribution in [0, 0.1) is 0 Å². The summed E-state index contributed by atoms with van der Waals surface area (Å²) in [6.45, 7) is 0.0145. The fraction of sp³-hybridized carbons (Fsp3) is 0.400. The van der Waals surface area contributed by atoms with E-state index in [9.17, 15) is 16.8 Å². The van der Waals surface area contributed by atoms with Crippen molar-refractivity contribution in [3.63, 3.8) is 0 Å². The molecule has 1 aliphatic heterocycles. The van der Waals surface area contributed by atoms with E-state index in [0.717, 1.165) is 0 Å². The van der Waals surface area contributed by atoms with Crippen molar-refractivity contribution in [3.8, 4) is 0 Å². The van der Waals surface area contributed by atoms with Crippen LogP contribution in [0.5, 0.6) is 0 Å². The molecule has 5 nitrogen and oxygen atoms in total. The predicted molar refractivity (Wildman–Crippen MR) is 68.9 cm³/mol. The first-order valence-corrected chi connectivity index (χ1v) is 8.91. The maximum Gasteiger partial charge on any atom is 0.243 e. The highest BCUT2D eigenvalue weighted by Gasteiger charge is 2.30. The molecule has 1 aliphatic rings. The maximum absolute atomic E-state index is 12.2. The summed E-state index contributed by atoms with van der Waals surface area (Å²) >= 11 is 5.70. The SMILES string of the molecule is O=S1(=O)CCN(S(=O)(=O)c2ccc(Cl)cc2)CC1. The molecule has 1 saturated heterocycles. The van der Waals surface area contributed by atoms with Crippen LogP contribution >= 0.6 is 11.6 Å². The van der Waals surface area contributed by atoms with E-state index in [2.05, 4.69) is 0 Å². The Morgan fingerprint density at radius 2 is 1.56 bits per heavy atom. The van der Waals surface area contributed by atoms with Crippen molar-refractivity contribution in [2.24, 2.45) is 0 Å². The lowest BCUT2D eigenvalue weighted by atomic mass is 10.4. The fourth-order valence-corrected chi connectivity index (χ4v) is 4.69. The number of hydrogen-bond acceptors (Lipinski definition) is 4. The minimum absolute atomic E-state index is 0.00724. The zero-order chi connectivity index (χ0) is 13.4. The number of nitrogens with zero attached hydrogens (tertiary/aromatic N) is 1. The Balaban J connectivity index is 2.25. The normalized spacial score (nSPS) is 20.7. The third-order valence-electron chi connectivity index (χ3n) is 2.75. The molecule has 1 aromatic carbocycles. The predicted octanol–water partition coefficient (Wildman–Crippen LogP) is 0.759. The van der Waals surface area contributed by atoms with Crippen molar-refractivity contribution >= 4 is 31.5 Å². The van der Waals surface area contributed by atoms with Gasteiger partial charge in [0.1, 0.15) is 0 Å². The average Bonchev–Trinajstić information content (AvgIpc) is 2.29. The van der Waals surface area contributed by atoms with Crippen LogP contribution in [0.2, 0.25) is 5.02 Å². The largest absolute Gasteiger partial charge is 0.243 e. The molecule has 2 rings (SSSR count). The van der Waals surface area contributed by atoms with Crippen LogP contribution in [-0.2, 0) is 19.9 Å². The molecule has 0 radical (unpaired) electrons. The van der Waals surface area contributed by atoms with Gasteiger partial charge in [0.25, 0.3) is 0 Å². The molecular formula is C10H12ClNO4S2. The second-order valence-corrected chi connectivity index (χ2v) is 8.69. The standard InChI is InChI=1S/C10H12ClNO4S2/c11-9-1-3-10(4-2-9)18(15,16)12-5-7-17(13,14)8-6-12/h1-4H,5-8H2. The quantitative estimate of drug-likeness (QED) is 0.808. The van der Waals surface area contributed by atoms with Gasteiger partial charge in [-0.25, -0.2) is 16.8 Å². The van der Waals surface area contributed by atoms with Gasteiger partial charge in [-0.2, -0.15) is 4.31 Å². The van der Waals surface area contributed by atoms with Gasteiger partial charge >= 0.3 is 0 Å². The Morgan fingerprint density at radius 1 is 1.06 bits per heavy atom. The summed E-state index contributed by atoms with van der Waals surface area (Å²) in [5, 5.41) is 0.454. The van der Waals surface area contributed by atoms with Gasteiger partial charge in [0.05, 0.1) is 16.4 Å². The van der Waals surface area contributed by atoms with Crippen molar-refractivity contribution in [2.45, 2.75) is 4.90 Å². The van der Waals surface area contributed by atoms with E-state index in [1.807, 2.05) is 0 Å². The summed E-state index contributed by atoms with van der Waals surface area (Å²) in [7, 11) is -6.71. The summed E-state index contributed by atoms with van der Waals surface area (Å²) in [5.74, 6) is -0.250. The molecule has 0 N–H and O–H groups in total. The second-order valence-electron chi connectivity index (χ2n) is 4.01. The molecule has 0 amide bonds. The minimum atomic E-state index is -3.62. The molecule has 18 heavy (non-hydrogen) atoms. The number of rotatable bonds is 2. The summed E-state index contributed by atoms with van der Waals surface area (Å²) in [4.78, 5) is 0.131. The van der Waals surface area contributed by atoms with Gasteiger partial charge in [-0.15, -0.1) is 0 Å². The van der Waals surface area contributed by atoms with Crippen molar-refractivity contribution in [1.82, 2.24) is 4.31 Å². The zero-order valence-electron chi connectivity index (χ0n) is 9.41. The van der Waals surface area contributed by atoms with E-state index in [1.165, 1.54) is 28.6 Å². The van der Waals surface area contributed by atoms with Crippen molar-refractivity contribution in [3.05, 3.63) is 29.3 Å². The number of sulfone groups is 1. The number of benzene rings is 1. The molecule has 0 atom stereocenters. The molecule has 0 spiro atoms. The third kappa shape index (κ3) is 2.85. The Hall–Kier alpha value is -0.630. The molecular weight excluding hydrogens is 298 g/mol. The first-order chi connectivity index (χ1) is 8.31. The smallest absolute Gasteiger partial charge is 0.229 e. The van der Waals surface area contributed by atoms with Gasteiger partial charge in [0.2, 0.25) is 10.0 Å². The van der Waals surface area contributed by atoms with E-state index >= 15 is 0 Å². The van der Waals surface area contributed by atoms with Gasteiger partial charge in [0.15, 0.2) is 9.84 Å². The highest BCUT2D eigenvalue weighted by Crippen LogP contribution is 2.20. The van der Waals surface area contributed by atoms with Crippen LogP contribution in [0.3, 0.4) is 0 Å². The Morgan fingerprint density at radius 3 is 2.06 bits per heavy atom. The van der Waals surface area contributed by atoms with E-state index in [1.54, 1.807) is 0 Å². The first-order valence-electron chi connectivity index (χ1n) is 5.27. The summed E-state index contributed by atoms with van der Waals surface area (Å²) in [6.07, 6.45) is 0. The third-order valence-corrected chi connectivity index (χ3v) is 6.53. The molecule has 8 heteroatoms. The summed E-state index contributed by atoms with van der Waals surface area (Å²) in [5.41, 5.74) is 0. The molecule has 0 aromatic heterocycles. The van der Waals surface area contributed by atoms with Crippen LogP contribution in [0.4, 0.5) is 0 Å². The summed E-state index contributed by atoms with van der Waals surface area (Å²) < 4.78 is 48.1. The van der Waals surface area contributed by atoms with Crippen LogP contribution in [0.1, 0.15) is 0 Å². The van der Waals surface area contributed by atoms with E-state index in [-0.39, 0.29) is 29.5 Å². The van der Waals surface area contributed by atoms with E-state index in [4.69, 9.17) is 11.6 Å². The van der Waals surface area contributed by atoms with Crippen LogP contribution in [-0.4, -0.2) is 45.7 Å². The Labute approximate surface area is 111 Å². The number of sulfonamides is 1. The van der Waals surface area contributed by atoms with Gasteiger partial charge in [0, 0.05) is 18.1 Å².